The van der Waals surface area contributed by atoms with Gasteiger partial charge in [-0.15, -0.1) is 6.42 Å². The number of terminal acetylenes is 1. The molecule has 2 nitrogen and oxygen atoms in total. The van der Waals surface area contributed by atoms with Gasteiger partial charge >= 0.3 is 0 Å². The topological polar surface area (TPSA) is 26.3 Å². The van der Waals surface area contributed by atoms with E-state index < -0.39 is 7.37 Å². The van der Waals surface area contributed by atoms with Gasteiger partial charge in [-0.05, 0) is 0 Å². The maximum Gasteiger partial charge on any atom is 0.202 e. The summed E-state index contributed by atoms with van der Waals surface area (Å²) in [5.74, 6) is 2.52. The second kappa shape index (κ2) is 2.37. The predicted molar refractivity (Wildman–Crippen MR) is 45.9 cm³/mol. The van der Waals surface area contributed by atoms with Crippen molar-refractivity contribution in [3.63, 3.8) is 0 Å². The fraction of sp³-hybridized carbons (Fsp3) is 0.750. The lowest BCUT2D eigenvalue weighted by atomic mass is 9.90. The van der Waals surface area contributed by atoms with Gasteiger partial charge in [0.25, 0.3) is 0 Å². The molecule has 0 aromatic heterocycles. The quantitative estimate of drug-likeness (QED) is 0.412. The number of rotatable bonds is 0. The molecule has 0 aromatic carbocycles. The molecule has 0 aromatic rings. The second-order valence-corrected chi connectivity index (χ2v) is 6.37. The molecule has 0 amide bonds. The first kappa shape index (κ1) is 8.84. The molecule has 0 saturated carbocycles. The summed E-state index contributed by atoms with van der Waals surface area (Å²) in [6.07, 6.45) is 5.55. The average Bonchev–Trinajstić information content (AvgIpc) is 1.99. The van der Waals surface area contributed by atoms with Crippen LogP contribution in [0, 0.1) is 17.8 Å². The third-order valence-corrected chi connectivity index (χ3v) is 3.93. The molecular formula is C8H13O2P. The molecule has 3 heteroatoms. The summed E-state index contributed by atoms with van der Waals surface area (Å²) >= 11 is 0. The maximum absolute atomic E-state index is 11.5. The van der Waals surface area contributed by atoms with Crippen LogP contribution in [0.2, 0.25) is 0 Å². The van der Waals surface area contributed by atoms with Crippen molar-refractivity contribution in [1.82, 2.24) is 0 Å². The van der Waals surface area contributed by atoms with E-state index in [4.69, 9.17) is 10.9 Å². The molecular weight excluding hydrogens is 159 g/mol. The van der Waals surface area contributed by atoms with Gasteiger partial charge in [0.05, 0.1) is 0 Å². The fourth-order valence-corrected chi connectivity index (χ4v) is 4.00. The Morgan fingerprint density at radius 2 is 2.27 bits per heavy atom. The van der Waals surface area contributed by atoms with Crippen molar-refractivity contribution in [2.75, 3.05) is 12.8 Å². The summed E-state index contributed by atoms with van der Waals surface area (Å²) in [5.41, 5.74) is -0.126. The highest BCUT2D eigenvalue weighted by atomic mass is 31.2. The predicted octanol–water partition coefficient (Wildman–Crippen LogP) is 1.95. The van der Waals surface area contributed by atoms with Crippen LogP contribution in [0.25, 0.3) is 0 Å². The zero-order valence-corrected chi connectivity index (χ0v) is 8.02. The van der Waals surface area contributed by atoms with Crippen molar-refractivity contribution in [3.05, 3.63) is 0 Å². The van der Waals surface area contributed by atoms with Crippen LogP contribution in [0.3, 0.4) is 0 Å². The van der Waals surface area contributed by atoms with E-state index in [-0.39, 0.29) is 11.5 Å². The third kappa shape index (κ3) is 1.67. The lowest BCUT2D eigenvalue weighted by Gasteiger charge is -2.18. The largest absolute Gasteiger partial charge is 0.312 e. The summed E-state index contributed by atoms with van der Waals surface area (Å²) in [7, 11) is -2.38. The standard InChI is InChI=1S/C8H13O2P/c1-5-7-8(2,3)6-11(4,9)10-7/h1,7H,6H2,2-4H3. The van der Waals surface area contributed by atoms with Crippen molar-refractivity contribution >= 4 is 7.37 Å². The molecule has 1 aliphatic heterocycles. The van der Waals surface area contributed by atoms with E-state index in [1.165, 1.54) is 0 Å². The summed E-state index contributed by atoms with van der Waals surface area (Å²) < 4.78 is 16.7. The second-order valence-electron chi connectivity index (χ2n) is 3.81. The van der Waals surface area contributed by atoms with Crippen LogP contribution >= 0.6 is 7.37 Å². The summed E-state index contributed by atoms with van der Waals surface area (Å²) in [6, 6.07) is 0. The van der Waals surface area contributed by atoms with Gasteiger partial charge in [-0.25, -0.2) is 0 Å². The van der Waals surface area contributed by atoms with Crippen molar-refractivity contribution in [2.45, 2.75) is 20.0 Å². The molecule has 2 unspecified atom stereocenters. The molecule has 0 N–H and O–H groups in total. The number of hydrogen-bond acceptors (Lipinski definition) is 2. The lowest BCUT2D eigenvalue weighted by Crippen LogP contribution is -2.24. The smallest absolute Gasteiger partial charge is 0.202 e. The Morgan fingerprint density at radius 1 is 1.73 bits per heavy atom. The Morgan fingerprint density at radius 3 is 2.45 bits per heavy atom. The zero-order chi connectivity index (χ0) is 8.70. The molecule has 1 aliphatic rings. The van der Waals surface area contributed by atoms with Crippen LogP contribution < -0.4 is 0 Å². The molecule has 0 bridgehead atoms. The monoisotopic (exact) mass is 172 g/mol. The highest BCUT2D eigenvalue weighted by Gasteiger charge is 2.44. The summed E-state index contributed by atoms with van der Waals surface area (Å²) in [6.45, 7) is 5.62. The first-order chi connectivity index (χ1) is 4.87. The molecule has 0 spiro atoms. The minimum Gasteiger partial charge on any atom is -0.312 e. The fourth-order valence-electron chi connectivity index (χ4n) is 1.48. The van der Waals surface area contributed by atoms with Crippen molar-refractivity contribution in [1.29, 1.82) is 0 Å². The normalized spacial score (nSPS) is 41.8. The highest BCUT2D eigenvalue weighted by Crippen LogP contribution is 2.57. The van der Waals surface area contributed by atoms with Crippen LogP contribution in [0.1, 0.15) is 13.8 Å². The SMILES string of the molecule is C#CC1OP(C)(=O)CC1(C)C. The Labute approximate surface area is 67.8 Å². The van der Waals surface area contributed by atoms with Gasteiger partial charge in [0, 0.05) is 18.2 Å². The minimum absolute atomic E-state index is 0.126. The van der Waals surface area contributed by atoms with Gasteiger partial charge in [0.2, 0.25) is 7.37 Å². The van der Waals surface area contributed by atoms with Gasteiger partial charge in [-0.1, -0.05) is 19.8 Å². The van der Waals surface area contributed by atoms with Gasteiger partial charge in [-0.3, -0.25) is 4.57 Å². The first-order valence-electron chi connectivity index (χ1n) is 3.58. The van der Waals surface area contributed by atoms with Crippen LogP contribution in [-0.4, -0.2) is 18.9 Å². The Hall–Kier alpha value is -0.250. The van der Waals surface area contributed by atoms with E-state index in [0.29, 0.717) is 6.16 Å². The van der Waals surface area contributed by atoms with Gasteiger partial charge in [0.1, 0.15) is 6.10 Å². The first-order valence-corrected chi connectivity index (χ1v) is 5.84. The molecule has 62 valence electrons. The van der Waals surface area contributed by atoms with Crippen LogP contribution in [0.5, 0.6) is 0 Å². The lowest BCUT2D eigenvalue weighted by molar-refractivity contribution is 0.189. The van der Waals surface area contributed by atoms with E-state index in [2.05, 4.69) is 5.92 Å². The van der Waals surface area contributed by atoms with Crippen LogP contribution in [0.15, 0.2) is 0 Å². The van der Waals surface area contributed by atoms with Crippen molar-refractivity contribution in [3.8, 4) is 12.3 Å². The van der Waals surface area contributed by atoms with Crippen LogP contribution in [0.4, 0.5) is 0 Å². The summed E-state index contributed by atoms with van der Waals surface area (Å²) in [4.78, 5) is 0. The van der Waals surface area contributed by atoms with Gasteiger partial charge in [-0.2, -0.15) is 0 Å². The van der Waals surface area contributed by atoms with Crippen molar-refractivity contribution < 1.29 is 9.09 Å². The molecule has 11 heavy (non-hydrogen) atoms. The van der Waals surface area contributed by atoms with E-state index in [1.807, 2.05) is 13.8 Å². The molecule has 1 saturated heterocycles. The van der Waals surface area contributed by atoms with E-state index in [0.717, 1.165) is 0 Å². The third-order valence-electron chi connectivity index (χ3n) is 1.88. The molecule has 1 rings (SSSR count). The molecule has 0 radical (unpaired) electrons. The number of hydrogen-bond donors (Lipinski definition) is 0. The van der Waals surface area contributed by atoms with E-state index >= 15 is 0 Å². The molecule has 2 atom stereocenters. The van der Waals surface area contributed by atoms with E-state index in [1.54, 1.807) is 6.66 Å². The van der Waals surface area contributed by atoms with Gasteiger partial charge < -0.3 is 4.52 Å². The maximum atomic E-state index is 11.5. The Bertz CT molecular complexity index is 249. The zero-order valence-electron chi connectivity index (χ0n) is 7.13. The van der Waals surface area contributed by atoms with Gasteiger partial charge in [0.15, 0.2) is 0 Å². The summed E-state index contributed by atoms with van der Waals surface area (Å²) in [5, 5.41) is 0. The van der Waals surface area contributed by atoms with Crippen LogP contribution in [-0.2, 0) is 9.09 Å². The minimum atomic E-state index is -2.38. The Balaban J connectivity index is 2.90. The van der Waals surface area contributed by atoms with E-state index in [9.17, 15) is 4.57 Å². The molecule has 0 aliphatic carbocycles. The molecule has 1 fully saturated rings. The highest BCUT2D eigenvalue weighted by molar-refractivity contribution is 7.58. The molecule has 1 heterocycles. The van der Waals surface area contributed by atoms with Crippen molar-refractivity contribution in [2.24, 2.45) is 5.41 Å². The Kier molecular flexibility index (Phi) is 1.90. The average molecular weight is 172 g/mol.